The van der Waals surface area contributed by atoms with Crippen LogP contribution >= 0.6 is 0 Å². The summed E-state index contributed by atoms with van der Waals surface area (Å²) in [5, 5.41) is 24.5. The number of methoxy groups -OCH3 is 2. The highest BCUT2D eigenvalue weighted by atomic mass is 16.7. The average Bonchev–Trinajstić information content (AvgIpc) is 3.68. The van der Waals surface area contributed by atoms with Gasteiger partial charge in [0.15, 0.2) is 11.5 Å². The van der Waals surface area contributed by atoms with Gasteiger partial charge in [0, 0.05) is 52.9 Å². The van der Waals surface area contributed by atoms with Crippen LogP contribution in [0.5, 0.6) is 28.7 Å². The van der Waals surface area contributed by atoms with E-state index in [-0.39, 0.29) is 31.0 Å². The summed E-state index contributed by atoms with van der Waals surface area (Å²) in [6, 6.07) is 15.3. The average molecular weight is 613 g/mol. The molecule has 11 heteroatoms. The van der Waals surface area contributed by atoms with Gasteiger partial charge in [-0.3, -0.25) is 4.68 Å². The van der Waals surface area contributed by atoms with E-state index in [1.165, 1.54) is 20.3 Å². The molecule has 1 aliphatic heterocycles. The van der Waals surface area contributed by atoms with Crippen molar-refractivity contribution in [3.8, 4) is 40.0 Å². The lowest BCUT2D eigenvalue weighted by molar-refractivity contribution is -0.132. The van der Waals surface area contributed by atoms with Crippen molar-refractivity contribution in [3.63, 3.8) is 0 Å². The van der Waals surface area contributed by atoms with Crippen LogP contribution in [-0.2, 0) is 24.4 Å². The van der Waals surface area contributed by atoms with Gasteiger partial charge in [0.2, 0.25) is 6.79 Å². The number of hydrogen-bond donors (Lipinski definition) is 2. The number of carbonyl (C=O) groups is 2. The van der Waals surface area contributed by atoms with E-state index >= 15 is 0 Å². The Labute approximate surface area is 259 Å². The van der Waals surface area contributed by atoms with Crippen molar-refractivity contribution in [2.75, 3.05) is 21.0 Å². The number of aromatic carboxylic acids is 1. The molecule has 5 rings (SSSR count). The third kappa shape index (κ3) is 6.77. The molecule has 2 N–H and O–H groups in total. The van der Waals surface area contributed by atoms with Gasteiger partial charge in [-0.05, 0) is 36.8 Å². The number of hydrogen-bond acceptors (Lipinski definition) is 8. The monoisotopic (exact) mass is 612 g/mol. The number of aryl methyl sites for hydroxylation is 1. The van der Waals surface area contributed by atoms with Gasteiger partial charge in [-0.2, -0.15) is 5.10 Å². The molecule has 0 radical (unpaired) electrons. The molecular formula is C34H32N2O9. The first-order chi connectivity index (χ1) is 21.8. The molecule has 0 amide bonds. The fraction of sp³-hybridized carbons (Fsp3) is 0.206. The van der Waals surface area contributed by atoms with Crippen LogP contribution in [0.4, 0.5) is 0 Å². The van der Waals surface area contributed by atoms with Gasteiger partial charge in [0.1, 0.15) is 23.9 Å². The van der Waals surface area contributed by atoms with Crippen LogP contribution in [0.25, 0.3) is 17.3 Å². The normalized spacial score (nSPS) is 12.1. The minimum Gasteiger partial charge on any atom is -0.497 e. The van der Waals surface area contributed by atoms with Crippen molar-refractivity contribution in [1.29, 1.82) is 0 Å². The zero-order valence-electron chi connectivity index (χ0n) is 24.8. The quantitative estimate of drug-likeness (QED) is 0.132. The molecule has 2 heterocycles. The Morgan fingerprint density at radius 2 is 1.78 bits per heavy atom. The number of ether oxygens (including phenoxy) is 5. The van der Waals surface area contributed by atoms with E-state index in [2.05, 4.69) is 11.7 Å². The van der Waals surface area contributed by atoms with E-state index in [0.29, 0.717) is 69.7 Å². The summed E-state index contributed by atoms with van der Waals surface area (Å²) in [5.74, 6) is 0.264. The summed E-state index contributed by atoms with van der Waals surface area (Å²) < 4.78 is 29.9. The molecule has 0 spiro atoms. The van der Waals surface area contributed by atoms with Gasteiger partial charge in [0.05, 0.1) is 31.7 Å². The summed E-state index contributed by atoms with van der Waals surface area (Å²) in [6.07, 6.45) is 5.59. The van der Waals surface area contributed by atoms with E-state index in [0.717, 1.165) is 0 Å². The number of aliphatic carboxylic acids is 1. The van der Waals surface area contributed by atoms with Crippen LogP contribution in [-0.4, -0.2) is 52.9 Å². The van der Waals surface area contributed by atoms with Crippen molar-refractivity contribution >= 4 is 18.0 Å². The van der Waals surface area contributed by atoms with Gasteiger partial charge in [-0.25, -0.2) is 9.59 Å². The van der Waals surface area contributed by atoms with Crippen molar-refractivity contribution in [2.45, 2.75) is 26.0 Å². The van der Waals surface area contributed by atoms with Gasteiger partial charge in [0.25, 0.3) is 0 Å². The second-order valence-corrected chi connectivity index (χ2v) is 10.0. The van der Waals surface area contributed by atoms with Crippen LogP contribution in [0, 0.1) is 0 Å². The molecular weight excluding hydrogens is 580 g/mol. The van der Waals surface area contributed by atoms with Gasteiger partial charge >= 0.3 is 11.9 Å². The Morgan fingerprint density at radius 1 is 1.00 bits per heavy atom. The smallest absolute Gasteiger partial charge is 0.336 e. The van der Waals surface area contributed by atoms with E-state index in [1.807, 2.05) is 0 Å². The first-order valence-electron chi connectivity index (χ1n) is 14.0. The van der Waals surface area contributed by atoms with Crippen LogP contribution in [0.3, 0.4) is 0 Å². The molecule has 3 aromatic carbocycles. The summed E-state index contributed by atoms with van der Waals surface area (Å²) >= 11 is 0. The topological polar surface area (TPSA) is 139 Å². The molecule has 232 valence electrons. The summed E-state index contributed by atoms with van der Waals surface area (Å²) in [4.78, 5) is 24.4. The molecule has 0 unspecified atom stereocenters. The van der Waals surface area contributed by atoms with Crippen LogP contribution in [0.2, 0.25) is 0 Å². The Balaban J connectivity index is 1.58. The maximum Gasteiger partial charge on any atom is 0.336 e. The standard InChI is InChI=1S/C34H32N2O9/c1-4-5-12-36-32(27-11-10-25(41-2)16-29(27)43-19-21-8-6-7-9-26(21)34(39)40)24(18-35-36)14-23(33(37)38)13-22-15-30-31(45-20-44-30)17-28(22)42-3/h4,6-11,14-18H,1,5,12-13,19-20H2,2-3H3,(H,37,38)(H,39,40). The summed E-state index contributed by atoms with van der Waals surface area (Å²) in [6.45, 7) is 4.34. The van der Waals surface area contributed by atoms with E-state index in [1.54, 1.807) is 71.6 Å². The Bertz CT molecular complexity index is 1770. The number of aromatic nitrogens is 2. The molecule has 0 saturated carbocycles. The minimum atomic E-state index is -1.11. The highest BCUT2D eigenvalue weighted by molar-refractivity contribution is 5.94. The van der Waals surface area contributed by atoms with Crippen molar-refractivity contribution in [2.24, 2.45) is 0 Å². The number of rotatable bonds is 14. The molecule has 11 nitrogen and oxygen atoms in total. The van der Waals surface area contributed by atoms with Gasteiger partial charge < -0.3 is 33.9 Å². The molecule has 4 aromatic rings. The zero-order chi connectivity index (χ0) is 31.9. The molecule has 0 saturated heterocycles. The van der Waals surface area contributed by atoms with E-state index < -0.39 is 11.9 Å². The minimum absolute atomic E-state index is 0.0289. The van der Waals surface area contributed by atoms with Crippen LogP contribution in [0.15, 0.2) is 79.0 Å². The zero-order valence-corrected chi connectivity index (χ0v) is 24.8. The number of carboxylic acids is 2. The van der Waals surface area contributed by atoms with Gasteiger partial charge in [-0.15, -0.1) is 6.58 Å². The van der Waals surface area contributed by atoms with Crippen molar-refractivity contribution in [1.82, 2.24) is 9.78 Å². The second-order valence-electron chi connectivity index (χ2n) is 10.0. The molecule has 0 atom stereocenters. The van der Waals surface area contributed by atoms with E-state index in [9.17, 15) is 19.8 Å². The number of allylic oxidation sites excluding steroid dienone is 1. The first kappa shape index (κ1) is 30.7. The lowest BCUT2D eigenvalue weighted by Crippen LogP contribution is -2.08. The fourth-order valence-electron chi connectivity index (χ4n) is 5.01. The molecule has 1 aromatic heterocycles. The maximum absolute atomic E-state index is 12.6. The first-order valence-corrected chi connectivity index (χ1v) is 14.0. The maximum atomic E-state index is 12.6. The number of nitrogens with zero attached hydrogens (tertiary/aromatic N) is 2. The number of benzene rings is 3. The number of carboxylic acid groups (broad SMARTS) is 2. The summed E-state index contributed by atoms with van der Waals surface area (Å²) in [7, 11) is 3.04. The predicted octanol–water partition coefficient (Wildman–Crippen LogP) is 5.86. The highest BCUT2D eigenvalue weighted by Gasteiger charge is 2.23. The van der Waals surface area contributed by atoms with E-state index in [4.69, 9.17) is 23.7 Å². The third-order valence-electron chi connectivity index (χ3n) is 7.25. The molecule has 45 heavy (non-hydrogen) atoms. The second kappa shape index (κ2) is 13.7. The largest absolute Gasteiger partial charge is 0.497 e. The fourth-order valence-corrected chi connectivity index (χ4v) is 5.01. The molecule has 0 fully saturated rings. The predicted molar refractivity (Wildman–Crippen MR) is 165 cm³/mol. The lowest BCUT2D eigenvalue weighted by Gasteiger charge is -2.16. The highest BCUT2D eigenvalue weighted by Crippen LogP contribution is 2.40. The van der Waals surface area contributed by atoms with Crippen molar-refractivity contribution in [3.05, 3.63) is 101 Å². The SMILES string of the molecule is C=CCCn1ncc(C=C(Cc2cc3c(cc2OC)OCO3)C(=O)O)c1-c1ccc(OC)cc1OCc1ccccc1C(=O)O. The molecule has 1 aliphatic rings. The third-order valence-corrected chi connectivity index (χ3v) is 7.25. The summed E-state index contributed by atoms with van der Waals surface area (Å²) in [5.41, 5.74) is 3.08. The lowest BCUT2D eigenvalue weighted by atomic mass is 9.99. The van der Waals surface area contributed by atoms with Gasteiger partial charge in [-0.1, -0.05) is 24.3 Å². The molecule has 0 bridgehead atoms. The number of fused-ring (bicyclic) bond motifs is 1. The van der Waals surface area contributed by atoms with Crippen molar-refractivity contribution < 1.29 is 43.5 Å². The Morgan fingerprint density at radius 3 is 2.49 bits per heavy atom. The van der Waals surface area contributed by atoms with Crippen LogP contribution < -0.4 is 23.7 Å². The Kier molecular flexibility index (Phi) is 9.37. The molecule has 0 aliphatic carbocycles. The Hall–Kier alpha value is -5.71. The van der Waals surface area contributed by atoms with Crippen LogP contribution in [0.1, 0.15) is 33.5 Å².